The highest BCUT2D eigenvalue weighted by Gasteiger charge is 2.08. The molecule has 2 rings (SSSR count). The molecule has 98 valence electrons. The highest BCUT2D eigenvalue weighted by Crippen LogP contribution is 2.25. The molecule has 2 N–H and O–H groups in total. The van der Waals surface area contributed by atoms with Gasteiger partial charge in [0.25, 0.3) is 0 Å². The van der Waals surface area contributed by atoms with Crippen LogP contribution in [0.2, 0.25) is 0 Å². The maximum atomic E-state index is 11.4. The molecular formula is C13H13N3O2S. The minimum absolute atomic E-state index is 0.0757. The van der Waals surface area contributed by atoms with Crippen molar-refractivity contribution in [3.05, 3.63) is 41.3 Å². The molecule has 0 aliphatic heterocycles. The molecule has 0 radical (unpaired) electrons. The molecule has 19 heavy (non-hydrogen) atoms. The molecule has 0 aliphatic carbocycles. The van der Waals surface area contributed by atoms with Crippen LogP contribution in [0.4, 0.5) is 0 Å². The first kappa shape index (κ1) is 13.2. The Labute approximate surface area is 114 Å². The number of thiazole rings is 1. The van der Waals surface area contributed by atoms with Gasteiger partial charge in [0.15, 0.2) is 0 Å². The van der Waals surface area contributed by atoms with Crippen molar-refractivity contribution in [1.29, 1.82) is 0 Å². The Hall–Kier alpha value is -2.21. The number of nitrogens with two attached hydrogens (primary N) is 1. The predicted molar refractivity (Wildman–Crippen MR) is 74.1 cm³/mol. The lowest BCUT2D eigenvalue weighted by atomic mass is 10.3. The lowest BCUT2D eigenvalue weighted by molar-refractivity contribution is -0.138. The maximum absolute atomic E-state index is 11.4. The van der Waals surface area contributed by atoms with Crippen LogP contribution < -0.4 is 5.73 Å². The molecule has 0 aromatic carbocycles. The van der Waals surface area contributed by atoms with Crippen molar-refractivity contribution in [1.82, 2.24) is 9.97 Å². The van der Waals surface area contributed by atoms with E-state index in [2.05, 4.69) is 9.97 Å². The Balaban J connectivity index is 2.18. The first-order valence-electron chi connectivity index (χ1n) is 5.71. The average Bonchev–Trinajstić information content (AvgIpc) is 2.88. The van der Waals surface area contributed by atoms with Gasteiger partial charge in [0.2, 0.25) is 0 Å². The zero-order valence-corrected chi connectivity index (χ0v) is 11.2. The summed E-state index contributed by atoms with van der Waals surface area (Å²) in [7, 11) is 0. The first-order valence-corrected chi connectivity index (χ1v) is 6.53. The molecule has 0 saturated carbocycles. The third kappa shape index (κ3) is 3.38. The maximum Gasteiger partial charge on any atom is 0.354 e. The standard InChI is InChI=1S/C13H13N3O2S/c1-2-18-13(17)11(14)7-10-8-16-12(19-10)9-3-5-15-6-4-9/h3-8H,2,14H2,1H3/b11-7-. The number of aromatic nitrogens is 2. The van der Waals surface area contributed by atoms with Gasteiger partial charge in [0.1, 0.15) is 10.7 Å². The number of pyridine rings is 1. The van der Waals surface area contributed by atoms with Crippen LogP contribution in [-0.2, 0) is 9.53 Å². The highest BCUT2D eigenvalue weighted by molar-refractivity contribution is 7.15. The van der Waals surface area contributed by atoms with Gasteiger partial charge in [-0.3, -0.25) is 4.98 Å². The zero-order chi connectivity index (χ0) is 13.7. The SMILES string of the molecule is CCOC(=O)/C(N)=C/c1cnc(-c2ccncc2)s1. The molecule has 0 amide bonds. The number of rotatable bonds is 4. The van der Waals surface area contributed by atoms with Crippen LogP contribution in [0, 0.1) is 0 Å². The largest absolute Gasteiger partial charge is 0.461 e. The highest BCUT2D eigenvalue weighted by atomic mass is 32.1. The van der Waals surface area contributed by atoms with E-state index in [0.29, 0.717) is 6.61 Å². The Bertz CT molecular complexity index is 593. The van der Waals surface area contributed by atoms with Gasteiger partial charge in [-0.2, -0.15) is 0 Å². The molecule has 2 aromatic heterocycles. The van der Waals surface area contributed by atoms with E-state index in [-0.39, 0.29) is 5.70 Å². The molecular weight excluding hydrogens is 262 g/mol. The second-order valence-corrected chi connectivity index (χ2v) is 4.69. The molecule has 2 aromatic rings. The van der Waals surface area contributed by atoms with Gasteiger partial charge in [0.05, 0.1) is 6.61 Å². The van der Waals surface area contributed by atoms with Gasteiger partial charge in [-0.05, 0) is 25.1 Å². The molecule has 6 heteroatoms. The fourth-order valence-corrected chi connectivity index (χ4v) is 2.28. The van der Waals surface area contributed by atoms with Crippen molar-refractivity contribution in [2.45, 2.75) is 6.92 Å². The Kier molecular flexibility index (Phi) is 4.25. The quantitative estimate of drug-likeness (QED) is 0.682. The fourth-order valence-electron chi connectivity index (χ4n) is 1.41. The molecule has 0 fully saturated rings. The number of nitrogens with zero attached hydrogens (tertiary/aromatic N) is 2. The Morgan fingerprint density at radius 2 is 2.21 bits per heavy atom. The van der Waals surface area contributed by atoms with Crippen molar-refractivity contribution in [3.8, 4) is 10.6 Å². The smallest absolute Gasteiger partial charge is 0.354 e. The number of hydrogen-bond donors (Lipinski definition) is 1. The van der Waals surface area contributed by atoms with E-state index in [1.807, 2.05) is 12.1 Å². The first-order chi connectivity index (χ1) is 9.20. The number of hydrogen-bond acceptors (Lipinski definition) is 6. The van der Waals surface area contributed by atoms with E-state index in [0.717, 1.165) is 15.4 Å². The summed E-state index contributed by atoms with van der Waals surface area (Å²) in [5.74, 6) is -0.513. The summed E-state index contributed by atoms with van der Waals surface area (Å²) in [5, 5.41) is 0.852. The molecule has 0 bridgehead atoms. The molecule has 0 saturated heterocycles. The van der Waals surface area contributed by atoms with Gasteiger partial charge in [0, 0.05) is 29.0 Å². The number of carbonyl (C=O) groups is 1. The van der Waals surface area contributed by atoms with Gasteiger partial charge < -0.3 is 10.5 Å². The van der Waals surface area contributed by atoms with E-state index in [9.17, 15) is 4.79 Å². The minimum Gasteiger partial charge on any atom is -0.461 e. The Morgan fingerprint density at radius 3 is 2.89 bits per heavy atom. The second-order valence-electron chi connectivity index (χ2n) is 3.62. The molecule has 2 heterocycles. The van der Waals surface area contributed by atoms with Gasteiger partial charge in [-0.25, -0.2) is 9.78 Å². The number of carbonyl (C=O) groups excluding carboxylic acids is 1. The van der Waals surface area contributed by atoms with Crippen LogP contribution in [0.5, 0.6) is 0 Å². The fraction of sp³-hybridized carbons (Fsp3) is 0.154. The van der Waals surface area contributed by atoms with E-state index >= 15 is 0 Å². The summed E-state index contributed by atoms with van der Waals surface area (Å²) in [6.07, 6.45) is 6.66. The van der Waals surface area contributed by atoms with Crippen LogP contribution in [0.3, 0.4) is 0 Å². The summed E-state index contributed by atoms with van der Waals surface area (Å²) in [6.45, 7) is 2.04. The van der Waals surface area contributed by atoms with E-state index < -0.39 is 5.97 Å². The normalized spacial score (nSPS) is 11.3. The summed E-state index contributed by atoms with van der Waals surface area (Å²) < 4.78 is 4.81. The van der Waals surface area contributed by atoms with Gasteiger partial charge in [-0.1, -0.05) is 0 Å². The average molecular weight is 275 g/mol. The summed E-state index contributed by atoms with van der Waals surface area (Å²) in [6, 6.07) is 3.75. The second kappa shape index (κ2) is 6.10. The third-order valence-corrected chi connectivity index (χ3v) is 3.25. The minimum atomic E-state index is -0.513. The van der Waals surface area contributed by atoms with Crippen molar-refractivity contribution in [2.75, 3.05) is 6.61 Å². The van der Waals surface area contributed by atoms with Crippen molar-refractivity contribution >= 4 is 23.4 Å². The molecule has 0 unspecified atom stereocenters. The summed E-state index contributed by atoms with van der Waals surface area (Å²) in [4.78, 5) is 20.4. The van der Waals surface area contributed by atoms with Crippen molar-refractivity contribution < 1.29 is 9.53 Å². The van der Waals surface area contributed by atoms with E-state index in [1.165, 1.54) is 11.3 Å². The molecule has 0 spiro atoms. The third-order valence-electron chi connectivity index (χ3n) is 2.26. The lowest BCUT2D eigenvalue weighted by Crippen LogP contribution is -2.14. The monoisotopic (exact) mass is 275 g/mol. The topological polar surface area (TPSA) is 78.1 Å². The van der Waals surface area contributed by atoms with Gasteiger partial charge in [-0.15, -0.1) is 11.3 Å². The van der Waals surface area contributed by atoms with Crippen molar-refractivity contribution in [2.24, 2.45) is 5.73 Å². The Morgan fingerprint density at radius 1 is 1.47 bits per heavy atom. The molecule has 0 aliphatic rings. The van der Waals surface area contributed by atoms with Crippen LogP contribution in [0.1, 0.15) is 11.8 Å². The van der Waals surface area contributed by atoms with E-state index in [4.69, 9.17) is 10.5 Å². The van der Waals surface area contributed by atoms with Crippen LogP contribution >= 0.6 is 11.3 Å². The summed E-state index contributed by atoms with van der Waals surface area (Å²) >= 11 is 1.45. The van der Waals surface area contributed by atoms with Crippen molar-refractivity contribution in [3.63, 3.8) is 0 Å². The van der Waals surface area contributed by atoms with Gasteiger partial charge >= 0.3 is 5.97 Å². The lowest BCUT2D eigenvalue weighted by Gasteiger charge is -1.99. The number of esters is 1. The van der Waals surface area contributed by atoms with E-state index in [1.54, 1.807) is 31.6 Å². The zero-order valence-electron chi connectivity index (χ0n) is 10.4. The van der Waals surface area contributed by atoms with Crippen LogP contribution in [0.25, 0.3) is 16.6 Å². The summed E-state index contributed by atoms with van der Waals surface area (Å²) in [5.41, 5.74) is 6.70. The predicted octanol–water partition coefficient (Wildman–Crippen LogP) is 2.07. The van der Waals surface area contributed by atoms with Crippen LogP contribution in [-0.4, -0.2) is 22.5 Å². The number of ether oxygens (including phenoxy) is 1. The molecule has 5 nitrogen and oxygen atoms in total. The molecule has 0 atom stereocenters. The van der Waals surface area contributed by atoms with Crippen LogP contribution in [0.15, 0.2) is 36.4 Å².